The lowest BCUT2D eigenvalue weighted by atomic mass is 10.2. The summed E-state index contributed by atoms with van der Waals surface area (Å²) in [6.07, 6.45) is 3.70. The molecule has 1 heterocycles. The number of nitrogens with zero attached hydrogens (tertiary/aromatic N) is 3. The minimum absolute atomic E-state index is 0. The van der Waals surface area contributed by atoms with Gasteiger partial charge in [0.15, 0.2) is 5.17 Å². The van der Waals surface area contributed by atoms with Crippen molar-refractivity contribution in [3.05, 3.63) is 48.3 Å². The van der Waals surface area contributed by atoms with Crippen molar-refractivity contribution in [2.45, 2.75) is 25.6 Å². The molecular formula is C14H19ClN4S. The molecule has 0 bridgehead atoms. The third kappa shape index (κ3) is 4.90. The molecule has 0 aliphatic rings. The Morgan fingerprint density at radius 3 is 2.60 bits per heavy atom. The Morgan fingerprint density at radius 1 is 1.35 bits per heavy atom. The van der Waals surface area contributed by atoms with E-state index in [-0.39, 0.29) is 18.4 Å². The number of nitrogens with two attached hydrogens (primary N) is 1. The summed E-state index contributed by atoms with van der Waals surface area (Å²) >= 11 is 1.57. The molecule has 0 saturated heterocycles. The fourth-order valence-corrected chi connectivity index (χ4v) is 2.41. The van der Waals surface area contributed by atoms with Crippen LogP contribution in [0.3, 0.4) is 0 Å². The largest absolute Gasteiger partial charge is 0.379 e. The lowest BCUT2D eigenvalue weighted by Crippen LogP contribution is -2.09. The average molecular weight is 311 g/mol. The zero-order valence-electron chi connectivity index (χ0n) is 11.6. The fraction of sp³-hybridized carbons (Fsp3) is 0.286. The van der Waals surface area contributed by atoms with Gasteiger partial charge in [0.25, 0.3) is 0 Å². The van der Waals surface area contributed by atoms with Gasteiger partial charge in [-0.15, -0.1) is 12.4 Å². The zero-order chi connectivity index (χ0) is 13.7. The van der Waals surface area contributed by atoms with Crippen LogP contribution >= 0.6 is 24.2 Å². The number of hydrogen-bond donors (Lipinski definition) is 1. The number of hydrogen-bond acceptors (Lipinski definition) is 3. The summed E-state index contributed by atoms with van der Waals surface area (Å²) in [5.41, 5.74) is 8.11. The second-order valence-corrected chi connectivity index (χ2v) is 5.46. The van der Waals surface area contributed by atoms with E-state index >= 15 is 0 Å². The summed E-state index contributed by atoms with van der Waals surface area (Å²) in [6.45, 7) is 4.04. The SMILES string of the molecule is CC(C)N=C(N)SCc1ccc(-n2cccn2)cc1.Cl. The van der Waals surface area contributed by atoms with E-state index in [0.717, 1.165) is 11.4 Å². The molecule has 0 amide bonds. The van der Waals surface area contributed by atoms with Gasteiger partial charge in [0.05, 0.1) is 5.69 Å². The molecule has 0 saturated carbocycles. The number of aliphatic imine (C=N–C) groups is 1. The predicted octanol–water partition coefficient (Wildman–Crippen LogP) is 3.25. The predicted molar refractivity (Wildman–Crippen MR) is 88.9 cm³/mol. The minimum Gasteiger partial charge on any atom is -0.379 e. The molecule has 0 unspecified atom stereocenters. The van der Waals surface area contributed by atoms with Gasteiger partial charge in [0.1, 0.15) is 0 Å². The van der Waals surface area contributed by atoms with Crippen LogP contribution in [0.1, 0.15) is 19.4 Å². The van der Waals surface area contributed by atoms with Crippen LogP contribution < -0.4 is 5.73 Å². The summed E-state index contributed by atoms with van der Waals surface area (Å²) in [5.74, 6) is 0.835. The molecule has 2 N–H and O–H groups in total. The van der Waals surface area contributed by atoms with Crippen molar-refractivity contribution in [3.8, 4) is 5.69 Å². The highest BCUT2D eigenvalue weighted by Crippen LogP contribution is 2.15. The highest BCUT2D eigenvalue weighted by molar-refractivity contribution is 8.13. The van der Waals surface area contributed by atoms with E-state index in [1.54, 1.807) is 18.0 Å². The zero-order valence-corrected chi connectivity index (χ0v) is 13.2. The van der Waals surface area contributed by atoms with Gasteiger partial charge in [0.2, 0.25) is 0 Å². The van der Waals surface area contributed by atoms with Gasteiger partial charge in [0, 0.05) is 24.2 Å². The van der Waals surface area contributed by atoms with Crippen molar-refractivity contribution in [2.24, 2.45) is 10.7 Å². The van der Waals surface area contributed by atoms with Crippen LogP contribution in [0.4, 0.5) is 0 Å². The van der Waals surface area contributed by atoms with Gasteiger partial charge in [-0.05, 0) is 37.6 Å². The summed E-state index contributed by atoms with van der Waals surface area (Å²) in [4.78, 5) is 4.29. The maximum absolute atomic E-state index is 5.83. The number of thioether (sulfide) groups is 1. The summed E-state index contributed by atoms with van der Waals surface area (Å²) in [7, 11) is 0. The van der Waals surface area contributed by atoms with E-state index in [1.165, 1.54) is 5.56 Å². The maximum Gasteiger partial charge on any atom is 0.154 e. The first-order chi connectivity index (χ1) is 9.15. The van der Waals surface area contributed by atoms with Gasteiger partial charge in [-0.2, -0.15) is 5.10 Å². The Bertz CT molecular complexity index is 535. The molecule has 0 spiro atoms. The van der Waals surface area contributed by atoms with Crippen molar-refractivity contribution in [1.29, 1.82) is 0 Å². The number of amidine groups is 1. The first kappa shape index (κ1) is 16.6. The standard InChI is InChI=1S/C14H18N4S.ClH/c1-11(2)17-14(15)19-10-12-4-6-13(7-5-12)18-9-3-8-16-18;/h3-9,11H,10H2,1-2H3,(H2,15,17);1H. The van der Waals surface area contributed by atoms with Crippen molar-refractivity contribution >= 4 is 29.3 Å². The van der Waals surface area contributed by atoms with E-state index in [1.807, 2.05) is 30.8 Å². The summed E-state index contributed by atoms with van der Waals surface area (Å²) in [5, 5.41) is 4.84. The van der Waals surface area contributed by atoms with Crippen molar-refractivity contribution < 1.29 is 0 Å². The molecule has 20 heavy (non-hydrogen) atoms. The molecule has 1 aromatic carbocycles. The smallest absolute Gasteiger partial charge is 0.154 e. The molecular weight excluding hydrogens is 292 g/mol. The Balaban J connectivity index is 0.00000200. The highest BCUT2D eigenvalue weighted by atomic mass is 35.5. The first-order valence-electron chi connectivity index (χ1n) is 6.20. The molecule has 108 valence electrons. The van der Waals surface area contributed by atoms with Crippen molar-refractivity contribution in [2.75, 3.05) is 0 Å². The second-order valence-electron chi connectivity index (χ2n) is 4.47. The van der Waals surface area contributed by atoms with E-state index < -0.39 is 0 Å². The molecule has 0 fully saturated rings. The van der Waals surface area contributed by atoms with Crippen LogP contribution in [0, 0.1) is 0 Å². The Hall–Kier alpha value is -1.46. The quantitative estimate of drug-likeness (QED) is 0.696. The lowest BCUT2D eigenvalue weighted by molar-refractivity contribution is 0.838. The lowest BCUT2D eigenvalue weighted by Gasteiger charge is -2.05. The Kier molecular flexibility index (Phi) is 6.61. The average Bonchev–Trinajstić information content (AvgIpc) is 2.90. The third-order valence-electron chi connectivity index (χ3n) is 2.48. The molecule has 2 rings (SSSR count). The topological polar surface area (TPSA) is 56.2 Å². The number of aromatic nitrogens is 2. The molecule has 0 radical (unpaired) electrons. The molecule has 0 aliphatic carbocycles. The van der Waals surface area contributed by atoms with E-state index in [9.17, 15) is 0 Å². The monoisotopic (exact) mass is 310 g/mol. The molecule has 0 aliphatic heterocycles. The number of halogens is 1. The second kappa shape index (κ2) is 7.97. The van der Waals surface area contributed by atoms with Crippen LogP contribution in [-0.4, -0.2) is 21.0 Å². The Morgan fingerprint density at radius 2 is 2.05 bits per heavy atom. The molecule has 2 aromatic rings. The number of benzene rings is 1. The van der Waals surface area contributed by atoms with Crippen molar-refractivity contribution in [1.82, 2.24) is 9.78 Å². The van der Waals surface area contributed by atoms with Gasteiger partial charge in [-0.1, -0.05) is 23.9 Å². The highest BCUT2D eigenvalue weighted by Gasteiger charge is 2.00. The molecule has 1 aromatic heterocycles. The summed E-state index contributed by atoms with van der Waals surface area (Å²) in [6, 6.07) is 10.4. The first-order valence-corrected chi connectivity index (χ1v) is 7.19. The molecule has 0 atom stereocenters. The number of rotatable bonds is 4. The van der Waals surface area contributed by atoms with Crippen LogP contribution in [0.25, 0.3) is 5.69 Å². The van der Waals surface area contributed by atoms with Gasteiger partial charge in [-0.25, -0.2) is 4.68 Å². The summed E-state index contributed by atoms with van der Waals surface area (Å²) < 4.78 is 1.84. The maximum atomic E-state index is 5.83. The molecule has 4 nitrogen and oxygen atoms in total. The van der Waals surface area contributed by atoms with E-state index in [4.69, 9.17) is 5.73 Å². The fourth-order valence-electron chi connectivity index (χ4n) is 1.62. The third-order valence-corrected chi connectivity index (χ3v) is 3.36. The van der Waals surface area contributed by atoms with Gasteiger partial charge >= 0.3 is 0 Å². The normalized spacial score (nSPS) is 11.4. The van der Waals surface area contributed by atoms with Crippen LogP contribution in [0.15, 0.2) is 47.7 Å². The Labute approximate surface area is 129 Å². The van der Waals surface area contributed by atoms with E-state index in [0.29, 0.717) is 5.17 Å². The van der Waals surface area contributed by atoms with Crippen molar-refractivity contribution in [3.63, 3.8) is 0 Å². The van der Waals surface area contributed by atoms with Crippen LogP contribution in [0.2, 0.25) is 0 Å². The van der Waals surface area contributed by atoms with Gasteiger partial charge < -0.3 is 5.73 Å². The minimum atomic E-state index is 0. The van der Waals surface area contributed by atoms with E-state index in [2.05, 4.69) is 34.4 Å². The van der Waals surface area contributed by atoms with Crippen LogP contribution in [0.5, 0.6) is 0 Å². The van der Waals surface area contributed by atoms with Crippen LogP contribution in [-0.2, 0) is 5.75 Å². The van der Waals surface area contributed by atoms with Gasteiger partial charge in [-0.3, -0.25) is 4.99 Å². The molecule has 6 heteroatoms.